The second-order valence-corrected chi connectivity index (χ2v) is 8.96. The molecule has 0 saturated carbocycles. The van der Waals surface area contributed by atoms with Crippen LogP contribution in [0.4, 0.5) is 0 Å². The Kier molecular flexibility index (Phi) is 6.98. The van der Waals surface area contributed by atoms with Gasteiger partial charge in [-0.15, -0.1) is 0 Å². The van der Waals surface area contributed by atoms with Crippen LogP contribution in [-0.2, 0) is 25.8 Å². The highest BCUT2D eigenvalue weighted by atomic mass is 32.2. The SMILES string of the molecule is CCS(=O)(=O)c1ccc(CC(=O)NCC2(COC)CCNCC2)cc1. The lowest BCUT2D eigenvalue weighted by Crippen LogP contribution is -2.47. The molecule has 0 radical (unpaired) electrons. The Morgan fingerprint density at radius 1 is 1.24 bits per heavy atom. The molecule has 2 N–H and O–H groups in total. The van der Waals surface area contributed by atoms with Crippen molar-refractivity contribution in [3.63, 3.8) is 0 Å². The molecule has 1 aliphatic rings. The molecule has 1 aromatic rings. The fourth-order valence-electron chi connectivity index (χ4n) is 3.15. The molecule has 1 aliphatic heterocycles. The predicted octanol–water partition coefficient (Wildman–Crippen LogP) is 1.16. The Labute approximate surface area is 150 Å². The molecule has 2 rings (SSSR count). The molecule has 0 spiro atoms. The number of methoxy groups -OCH3 is 1. The summed E-state index contributed by atoms with van der Waals surface area (Å²) in [5.74, 6) is 0.0172. The first kappa shape index (κ1) is 19.9. The molecule has 1 fully saturated rings. The zero-order chi connectivity index (χ0) is 18.3. The summed E-state index contributed by atoms with van der Waals surface area (Å²) in [6.07, 6.45) is 2.20. The summed E-state index contributed by atoms with van der Waals surface area (Å²) in [5, 5.41) is 6.35. The molecular weight excluding hydrogens is 340 g/mol. The van der Waals surface area contributed by atoms with E-state index in [2.05, 4.69) is 10.6 Å². The summed E-state index contributed by atoms with van der Waals surface area (Å²) in [6, 6.07) is 6.55. The Hall–Kier alpha value is -1.44. The van der Waals surface area contributed by atoms with Crippen LogP contribution >= 0.6 is 0 Å². The number of benzene rings is 1. The largest absolute Gasteiger partial charge is 0.384 e. The van der Waals surface area contributed by atoms with Crippen molar-refractivity contribution < 1.29 is 17.9 Å². The summed E-state index contributed by atoms with van der Waals surface area (Å²) < 4.78 is 29.0. The fraction of sp³-hybridized carbons (Fsp3) is 0.611. The summed E-state index contributed by atoms with van der Waals surface area (Å²) >= 11 is 0. The van der Waals surface area contributed by atoms with Gasteiger partial charge in [0.2, 0.25) is 5.91 Å². The summed E-state index contributed by atoms with van der Waals surface area (Å²) in [5.41, 5.74) is 0.799. The quantitative estimate of drug-likeness (QED) is 0.719. The van der Waals surface area contributed by atoms with E-state index < -0.39 is 9.84 Å². The highest BCUT2D eigenvalue weighted by Gasteiger charge is 2.32. The van der Waals surface area contributed by atoms with Gasteiger partial charge in [-0.2, -0.15) is 0 Å². The zero-order valence-electron chi connectivity index (χ0n) is 15.0. The lowest BCUT2D eigenvalue weighted by molar-refractivity contribution is -0.121. The van der Waals surface area contributed by atoms with Crippen LogP contribution < -0.4 is 10.6 Å². The number of piperidine rings is 1. The van der Waals surface area contributed by atoms with E-state index in [0.29, 0.717) is 18.0 Å². The van der Waals surface area contributed by atoms with E-state index >= 15 is 0 Å². The maximum Gasteiger partial charge on any atom is 0.224 e. The number of ether oxygens (including phenoxy) is 1. The third kappa shape index (κ3) is 5.52. The average molecular weight is 368 g/mol. The van der Waals surface area contributed by atoms with Crippen molar-refractivity contribution in [2.45, 2.75) is 31.1 Å². The molecule has 0 unspecified atom stereocenters. The first-order valence-corrected chi connectivity index (χ1v) is 10.3. The number of amides is 1. The van der Waals surface area contributed by atoms with E-state index in [1.54, 1.807) is 38.3 Å². The minimum Gasteiger partial charge on any atom is -0.384 e. The molecule has 1 aromatic carbocycles. The first-order valence-electron chi connectivity index (χ1n) is 8.69. The van der Waals surface area contributed by atoms with Gasteiger partial charge in [0, 0.05) is 19.1 Å². The standard InChI is InChI=1S/C18H28N2O4S/c1-3-25(22,23)16-6-4-15(5-7-16)12-17(21)20-13-18(14-24-2)8-10-19-11-9-18/h4-7,19H,3,8-14H2,1-2H3,(H,20,21). The van der Waals surface area contributed by atoms with Crippen molar-refractivity contribution in [3.05, 3.63) is 29.8 Å². The van der Waals surface area contributed by atoms with Gasteiger partial charge in [0.25, 0.3) is 0 Å². The van der Waals surface area contributed by atoms with Crippen LogP contribution in [0.5, 0.6) is 0 Å². The maximum atomic E-state index is 12.3. The van der Waals surface area contributed by atoms with Crippen LogP contribution in [0.1, 0.15) is 25.3 Å². The van der Waals surface area contributed by atoms with Crippen molar-refractivity contribution in [2.75, 3.05) is 39.1 Å². The van der Waals surface area contributed by atoms with E-state index in [-0.39, 0.29) is 23.5 Å². The maximum absolute atomic E-state index is 12.3. The van der Waals surface area contributed by atoms with E-state index in [1.807, 2.05) is 0 Å². The molecule has 1 heterocycles. The molecule has 25 heavy (non-hydrogen) atoms. The van der Waals surface area contributed by atoms with Gasteiger partial charge in [-0.25, -0.2) is 8.42 Å². The summed E-state index contributed by atoms with van der Waals surface area (Å²) in [7, 11) is -1.51. The summed E-state index contributed by atoms with van der Waals surface area (Å²) in [6.45, 7) is 4.73. The third-order valence-electron chi connectivity index (χ3n) is 4.80. The minimum atomic E-state index is -3.20. The van der Waals surface area contributed by atoms with E-state index in [9.17, 15) is 13.2 Å². The van der Waals surface area contributed by atoms with Crippen molar-refractivity contribution >= 4 is 15.7 Å². The van der Waals surface area contributed by atoms with Crippen LogP contribution in [0.25, 0.3) is 0 Å². The Morgan fingerprint density at radius 2 is 1.88 bits per heavy atom. The number of carbonyl (C=O) groups excluding carboxylic acids is 1. The van der Waals surface area contributed by atoms with Gasteiger partial charge in [-0.3, -0.25) is 4.79 Å². The fourth-order valence-corrected chi connectivity index (χ4v) is 4.03. The molecule has 6 nitrogen and oxygen atoms in total. The van der Waals surface area contributed by atoms with Crippen LogP contribution in [-0.4, -0.2) is 53.4 Å². The van der Waals surface area contributed by atoms with Crippen LogP contribution in [0.2, 0.25) is 0 Å². The lowest BCUT2D eigenvalue weighted by atomic mass is 9.79. The number of nitrogens with one attached hydrogen (secondary N) is 2. The highest BCUT2D eigenvalue weighted by molar-refractivity contribution is 7.91. The molecule has 140 valence electrons. The number of hydrogen-bond acceptors (Lipinski definition) is 5. The van der Waals surface area contributed by atoms with Crippen LogP contribution in [0.3, 0.4) is 0 Å². The Morgan fingerprint density at radius 3 is 2.44 bits per heavy atom. The van der Waals surface area contributed by atoms with Crippen molar-refractivity contribution in [1.29, 1.82) is 0 Å². The van der Waals surface area contributed by atoms with Gasteiger partial charge in [0.15, 0.2) is 9.84 Å². The predicted molar refractivity (Wildman–Crippen MR) is 97.3 cm³/mol. The van der Waals surface area contributed by atoms with Gasteiger partial charge in [0.05, 0.1) is 23.7 Å². The van der Waals surface area contributed by atoms with Gasteiger partial charge >= 0.3 is 0 Å². The van der Waals surface area contributed by atoms with Gasteiger partial charge in [-0.1, -0.05) is 19.1 Å². The monoisotopic (exact) mass is 368 g/mol. The number of carbonyl (C=O) groups is 1. The second-order valence-electron chi connectivity index (χ2n) is 6.68. The van der Waals surface area contributed by atoms with E-state index in [0.717, 1.165) is 31.5 Å². The molecule has 0 aliphatic carbocycles. The van der Waals surface area contributed by atoms with Crippen molar-refractivity contribution in [2.24, 2.45) is 5.41 Å². The van der Waals surface area contributed by atoms with Crippen LogP contribution in [0, 0.1) is 5.41 Å². The number of rotatable bonds is 8. The molecule has 1 saturated heterocycles. The number of sulfone groups is 1. The van der Waals surface area contributed by atoms with Gasteiger partial charge < -0.3 is 15.4 Å². The molecule has 7 heteroatoms. The van der Waals surface area contributed by atoms with E-state index in [1.165, 1.54) is 0 Å². The van der Waals surface area contributed by atoms with Crippen LogP contribution in [0.15, 0.2) is 29.2 Å². The Bertz CT molecular complexity index is 659. The smallest absolute Gasteiger partial charge is 0.224 e. The third-order valence-corrected chi connectivity index (χ3v) is 6.55. The molecule has 0 atom stereocenters. The van der Waals surface area contributed by atoms with Crippen molar-refractivity contribution in [1.82, 2.24) is 10.6 Å². The molecular formula is C18H28N2O4S. The molecule has 1 amide bonds. The average Bonchev–Trinajstić information content (AvgIpc) is 2.62. The van der Waals surface area contributed by atoms with Gasteiger partial charge in [0.1, 0.15) is 0 Å². The summed E-state index contributed by atoms with van der Waals surface area (Å²) in [4.78, 5) is 12.6. The van der Waals surface area contributed by atoms with Gasteiger partial charge in [-0.05, 0) is 43.6 Å². The first-order chi connectivity index (χ1) is 11.9. The Balaban J connectivity index is 1.91. The minimum absolute atomic E-state index is 0.00524. The topological polar surface area (TPSA) is 84.5 Å². The zero-order valence-corrected chi connectivity index (χ0v) is 15.8. The normalized spacial score (nSPS) is 17.2. The molecule has 0 aromatic heterocycles. The van der Waals surface area contributed by atoms with E-state index in [4.69, 9.17) is 4.74 Å². The highest BCUT2D eigenvalue weighted by Crippen LogP contribution is 2.28. The number of hydrogen-bond donors (Lipinski definition) is 2. The van der Waals surface area contributed by atoms with Crippen molar-refractivity contribution in [3.8, 4) is 0 Å². The lowest BCUT2D eigenvalue weighted by Gasteiger charge is -2.37. The second kappa shape index (κ2) is 8.78. The molecule has 0 bridgehead atoms.